The van der Waals surface area contributed by atoms with Gasteiger partial charge in [0.05, 0.1) is 0 Å². The lowest BCUT2D eigenvalue weighted by molar-refractivity contribution is -0.122. The second-order valence-corrected chi connectivity index (χ2v) is 4.28. The van der Waals surface area contributed by atoms with Gasteiger partial charge in [-0.25, -0.2) is 0 Å². The molecule has 0 radical (unpaired) electrons. The Bertz CT molecular complexity index is 168. The van der Waals surface area contributed by atoms with Gasteiger partial charge in [0.25, 0.3) is 0 Å². The molecule has 1 unspecified atom stereocenters. The third kappa shape index (κ3) is 4.51. The van der Waals surface area contributed by atoms with Crippen molar-refractivity contribution in [1.29, 1.82) is 0 Å². The molecule has 1 N–H and O–H groups in total. The van der Waals surface area contributed by atoms with Crippen LogP contribution >= 0.6 is 11.6 Å². The highest BCUT2D eigenvalue weighted by molar-refractivity contribution is 6.18. The Morgan fingerprint density at radius 3 is 2.85 bits per heavy atom. The standard InChI is InChI=1S/C10H18ClNO/c1-8(7-11)3-2-6-12-10(13)9-4-5-9/h8-9H,2-7H2,1H3,(H,12,13). The van der Waals surface area contributed by atoms with Crippen molar-refractivity contribution in [1.82, 2.24) is 5.32 Å². The number of amides is 1. The van der Waals surface area contributed by atoms with Crippen LogP contribution in [0, 0.1) is 11.8 Å². The molecule has 0 heterocycles. The minimum atomic E-state index is 0.249. The van der Waals surface area contributed by atoms with Crippen LogP contribution in [0.5, 0.6) is 0 Å². The molecule has 1 amide bonds. The van der Waals surface area contributed by atoms with E-state index in [0.29, 0.717) is 11.8 Å². The number of halogens is 1. The average Bonchev–Trinajstić information content (AvgIpc) is 2.94. The molecule has 1 fully saturated rings. The van der Waals surface area contributed by atoms with E-state index in [4.69, 9.17) is 11.6 Å². The van der Waals surface area contributed by atoms with Crippen molar-refractivity contribution in [2.45, 2.75) is 32.6 Å². The number of carbonyl (C=O) groups is 1. The fourth-order valence-electron chi connectivity index (χ4n) is 1.23. The van der Waals surface area contributed by atoms with E-state index in [2.05, 4.69) is 12.2 Å². The van der Waals surface area contributed by atoms with Gasteiger partial charge in [0, 0.05) is 18.3 Å². The molecule has 3 heteroatoms. The van der Waals surface area contributed by atoms with Crippen LogP contribution in [-0.2, 0) is 4.79 Å². The van der Waals surface area contributed by atoms with E-state index in [-0.39, 0.29) is 5.91 Å². The number of nitrogens with one attached hydrogen (secondary N) is 1. The first-order valence-corrected chi connectivity index (χ1v) is 5.61. The van der Waals surface area contributed by atoms with E-state index in [1.807, 2.05) is 0 Å². The first kappa shape index (κ1) is 10.8. The topological polar surface area (TPSA) is 29.1 Å². The molecule has 1 saturated carbocycles. The molecular weight excluding hydrogens is 186 g/mol. The van der Waals surface area contributed by atoms with Crippen molar-refractivity contribution in [3.05, 3.63) is 0 Å². The number of alkyl halides is 1. The van der Waals surface area contributed by atoms with E-state index in [1.54, 1.807) is 0 Å². The molecule has 0 bridgehead atoms. The Morgan fingerprint density at radius 1 is 1.62 bits per heavy atom. The number of hydrogen-bond donors (Lipinski definition) is 1. The predicted molar refractivity (Wildman–Crippen MR) is 54.9 cm³/mol. The summed E-state index contributed by atoms with van der Waals surface area (Å²) in [5, 5.41) is 2.94. The largest absolute Gasteiger partial charge is 0.356 e. The molecule has 13 heavy (non-hydrogen) atoms. The second kappa shape index (κ2) is 5.48. The summed E-state index contributed by atoms with van der Waals surface area (Å²) in [5.41, 5.74) is 0. The highest BCUT2D eigenvalue weighted by Crippen LogP contribution is 2.28. The molecule has 0 saturated heterocycles. The Morgan fingerprint density at radius 2 is 2.31 bits per heavy atom. The van der Waals surface area contributed by atoms with Crippen molar-refractivity contribution in [2.75, 3.05) is 12.4 Å². The quantitative estimate of drug-likeness (QED) is 0.520. The lowest BCUT2D eigenvalue weighted by atomic mass is 10.1. The summed E-state index contributed by atoms with van der Waals surface area (Å²) in [6.45, 7) is 2.95. The van der Waals surface area contributed by atoms with Gasteiger partial charge in [-0.2, -0.15) is 0 Å². The molecule has 0 aromatic carbocycles. The number of hydrogen-bond acceptors (Lipinski definition) is 1. The third-order valence-electron chi connectivity index (χ3n) is 2.38. The monoisotopic (exact) mass is 203 g/mol. The smallest absolute Gasteiger partial charge is 0.223 e. The maximum atomic E-state index is 11.2. The molecule has 2 nitrogen and oxygen atoms in total. The van der Waals surface area contributed by atoms with Gasteiger partial charge in [0.1, 0.15) is 0 Å². The summed E-state index contributed by atoms with van der Waals surface area (Å²) in [6, 6.07) is 0. The van der Waals surface area contributed by atoms with Crippen molar-refractivity contribution in [3.63, 3.8) is 0 Å². The molecule has 0 aromatic rings. The zero-order valence-corrected chi connectivity index (χ0v) is 8.94. The first-order chi connectivity index (χ1) is 6.24. The summed E-state index contributed by atoms with van der Waals surface area (Å²) in [6.07, 6.45) is 4.33. The van der Waals surface area contributed by atoms with E-state index < -0.39 is 0 Å². The van der Waals surface area contributed by atoms with Gasteiger partial charge in [0.2, 0.25) is 5.91 Å². The minimum absolute atomic E-state index is 0.249. The molecule has 0 spiro atoms. The second-order valence-electron chi connectivity index (χ2n) is 3.97. The summed E-state index contributed by atoms with van der Waals surface area (Å²) in [5.74, 6) is 1.87. The van der Waals surface area contributed by atoms with Gasteiger partial charge < -0.3 is 5.32 Å². The van der Waals surface area contributed by atoms with Gasteiger partial charge in [-0.1, -0.05) is 6.92 Å². The summed E-state index contributed by atoms with van der Waals surface area (Å²) < 4.78 is 0. The molecule has 0 aliphatic heterocycles. The van der Waals surface area contributed by atoms with E-state index in [9.17, 15) is 4.79 Å². The van der Waals surface area contributed by atoms with E-state index >= 15 is 0 Å². The highest BCUT2D eigenvalue weighted by atomic mass is 35.5. The van der Waals surface area contributed by atoms with Gasteiger partial charge in [0.15, 0.2) is 0 Å². The number of carbonyl (C=O) groups excluding carboxylic acids is 1. The molecule has 1 rings (SSSR count). The average molecular weight is 204 g/mol. The Labute approximate surface area is 85.0 Å². The first-order valence-electron chi connectivity index (χ1n) is 5.07. The molecule has 1 aliphatic carbocycles. The van der Waals surface area contributed by atoms with Crippen LogP contribution in [0.2, 0.25) is 0 Å². The fourth-order valence-corrected chi connectivity index (χ4v) is 1.38. The van der Waals surface area contributed by atoms with Crippen LogP contribution in [0.15, 0.2) is 0 Å². The van der Waals surface area contributed by atoms with Gasteiger partial charge in [-0.3, -0.25) is 4.79 Å². The highest BCUT2D eigenvalue weighted by Gasteiger charge is 2.28. The SMILES string of the molecule is CC(CCl)CCCNC(=O)C1CC1. The molecule has 1 atom stereocenters. The summed E-state index contributed by atoms with van der Waals surface area (Å²) in [4.78, 5) is 11.2. The van der Waals surface area contributed by atoms with Crippen molar-refractivity contribution in [3.8, 4) is 0 Å². The Balaban J connectivity index is 1.91. The van der Waals surface area contributed by atoms with Crippen molar-refractivity contribution < 1.29 is 4.79 Å². The Hall–Kier alpha value is -0.240. The van der Waals surface area contributed by atoms with Crippen LogP contribution in [0.3, 0.4) is 0 Å². The zero-order chi connectivity index (χ0) is 9.68. The maximum Gasteiger partial charge on any atom is 0.223 e. The number of rotatable bonds is 6. The molecular formula is C10H18ClNO. The van der Waals surface area contributed by atoms with Gasteiger partial charge >= 0.3 is 0 Å². The lowest BCUT2D eigenvalue weighted by Gasteiger charge is -2.07. The maximum absolute atomic E-state index is 11.2. The van der Waals surface area contributed by atoms with Crippen LogP contribution in [0.1, 0.15) is 32.6 Å². The molecule has 76 valence electrons. The predicted octanol–water partition coefficient (Wildman–Crippen LogP) is 2.17. The van der Waals surface area contributed by atoms with Gasteiger partial charge in [-0.05, 0) is 31.6 Å². The van der Waals surface area contributed by atoms with Crippen molar-refractivity contribution in [2.24, 2.45) is 11.8 Å². The minimum Gasteiger partial charge on any atom is -0.356 e. The lowest BCUT2D eigenvalue weighted by Crippen LogP contribution is -2.26. The van der Waals surface area contributed by atoms with E-state index in [1.165, 1.54) is 0 Å². The van der Waals surface area contributed by atoms with Crippen LogP contribution in [-0.4, -0.2) is 18.3 Å². The van der Waals surface area contributed by atoms with Crippen LogP contribution in [0.4, 0.5) is 0 Å². The molecule has 1 aliphatic rings. The van der Waals surface area contributed by atoms with E-state index in [0.717, 1.165) is 38.1 Å². The fraction of sp³-hybridized carbons (Fsp3) is 0.900. The zero-order valence-electron chi connectivity index (χ0n) is 8.18. The Kier molecular flexibility index (Phi) is 4.57. The summed E-state index contributed by atoms with van der Waals surface area (Å²) >= 11 is 5.67. The third-order valence-corrected chi connectivity index (χ3v) is 2.91. The normalized spacial score (nSPS) is 18.3. The molecule has 0 aromatic heterocycles. The summed E-state index contributed by atoms with van der Waals surface area (Å²) in [7, 11) is 0. The van der Waals surface area contributed by atoms with Crippen molar-refractivity contribution >= 4 is 17.5 Å². The van der Waals surface area contributed by atoms with Gasteiger partial charge in [-0.15, -0.1) is 11.6 Å². The van der Waals surface area contributed by atoms with Crippen LogP contribution in [0.25, 0.3) is 0 Å². The van der Waals surface area contributed by atoms with Crippen LogP contribution < -0.4 is 5.32 Å².